The van der Waals surface area contributed by atoms with E-state index in [2.05, 4.69) is 15.2 Å². The molecule has 0 atom stereocenters. The Hall–Kier alpha value is -3.74. The molecule has 41 heavy (non-hydrogen) atoms. The van der Waals surface area contributed by atoms with Gasteiger partial charge in [0.15, 0.2) is 20.8 Å². The van der Waals surface area contributed by atoms with Gasteiger partial charge in [0.2, 0.25) is 0 Å². The zero-order chi connectivity index (χ0) is 29.1. The van der Waals surface area contributed by atoms with Gasteiger partial charge in [0.05, 0.1) is 5.56 Å². The number of hydrogen-bond donors (Lipinski definition) is 1. The number of benzene rings is 1. The lowest BCUT2D eigenvalue weighted by molar-refractivity contribution is -0.116. The van der Waals surface area contributed by atoms with Gasteiger partial charge < -0.3 is 10.2 Å². The van der Waals surface area contributed by atoms with Crippen LogP contribution < -0.4 is 10.9 Å². The summed E-state index contributed by atoms with van der Waals surface area (Å²) in [6, 6.07) is 10.6. The average molecular weight is 597 g/mol. The summed E-state index contributed by atoms with van der Waals surface area (Å²) in [5.41, 5.74) is 1.37. The van der Waals surface area contributed by atoms with E-state index < -0.39 is 26.5 Å². The third-order valence-electron chi connectivity index (χ3n) is 6.99. The van der Waals surface area contributed by atoms with Crippen LogP contribution in [0.2, 0.25) is 0 Å². The average Bonchev–Trinajstić information content (AvgIpc) is 3.61. The highest BCUT2D eigenvalue weighted by molar-refractivity contribution is 7.94. The number of carbonyl (C=O) groups excluding carboxylic acids is 2. The van der Waals surface area contributed by atoms with Crippen LogP contribution in [0.1, 0.15) is 34.3 Å². The molecular formula is C29H29FN4O5S2. The second kappa shape index (κ2) is 12.0. The molecule has 4 aromatic rings. The molecule has 4 heterocycles. The lowest BCUT2D eigenvalue weighted by Crippen LogP contribution is -2.34. The largest absolute Gasteiger partial charge is 0.351 e. The van der Waals surface area contributed by atoms with Crippen LogP contribution >= 0.6 is 11.3 Å². The molecule has 12 heteroatoms. The van der Waals surface area contributed by atoms with E-state index in [9.17, 15) is 27.2 Å². The van der Waals surface area contributed by atoms with E-state index in [1.165, 1.54) is 17.0 Å². The SMILES string of the molecule is Cc1ccc2c(=O)n(-c3ccc(CC(=O)CS(=O)(=O)c4ccc(F)s4)cn3)cc(C(=O)NCCN3CCCC3)c2c1. The van der Waals surface area contributed by atoms with E-state index in [1.54, 1.807) is 18.2 Å². The molecule has 0 saturated carbocycles. The third-order valence-corrected chi connectivity index (χ3v) is 10.1. The fraction of sp³-hybridized carbons (Fsp3) is 0.310. The quantitative estimate of drug-likeness (QED) is 0.299. The van der Waals surface area contributed by atoms with Gasteiger partial charge in [0, 0.05) is 42.7 Å². The van der Waals surface area contributed by atoms with Crippen molar-refractivity contribution in [3.05, 3.63) is 87.0 Å². The number of aryl methyl sites for hydroxylation is 1. The van der Waals surface area contributed by atoms with E-state index in [1.807, 2.05) is 19.1 Å². The maximum absolute atomic E-state index is 13.4. The Labute approximate surface area is 240 Å². The van der Waals surface area contributed by atoms with Crippen molar-refractivity contribution in [2.24, 2.45) is 0 Å². The Morgan fingerprint density at radius 3 is 2.54 bits per heavy atom. The number of Topliss-reactive ketones (excluding diaryl/α,β-unsaturated/α-hetero) is 1. The Bertz CT molecular complexity index is 1780. The molecule has 0 unspecified atom stereocenters. The van der Waals surface area contributed by atoms with Crippen LogP contribution in [0.5, 0.6) is 0 Å². The van der Waals surface area contributed by atoms with Gasteiger partial charge in [-0.05, 0) is 62.7 Å². The lowest BCUT2D eigenvalue weighted by atomic mass is 10.0. The molecule has 1 amide bonds. The van der Waals surface area contributed by atoms with Crippen LogP contribution in [0.25, 0.3) is 16.6 Å². The number of pyridine rings is 2. The number of fused-ring (bicyclic) bond motifs is 1. The maximum Gasteiger partial charge on any atom is 0.264 e. The second-order valence-corrected chi connectivity index (χ2v) is 13.4. The van der Waals surface area contributed by atoms with Crippen molar-refractivity contribution in [2.75, 3.05) is 31.9 Å². The molecule has 9 nitrogen and oxygen atoms in total. The first kappa shape index (κ1) is 28.8. The van der Waals surface area contributed by atoms with Crippen molar-refractivity contribution in [1.29, 1.82) is 0 Å². The van der Waals surface area contributed by atoms with Crippen LogP contribution in [0.3, 0.4) is 0 Å². The number of sulfone groups is 1. The number of ketones is 1. The number of nitrogens with one attached hydrogen (secondary N) is 1. The molecule has 1 aliphatic rings. The summed E-state index contributed by atoms with van der Waals surface area (Å²) in [5, 5.41) is 3.26. The smallest absolute Gasteiger partial charge is 0.264 e. The van der Waals surface area contributed by atoms with Crippen molar-refractivity contribution in [2.45, 2.75) is 30.4 Å². The predicted octanol–water partition coefficient (Wildman–Crippen LogP) is 3.31. The van der Waals surface area contributed by atoms with Crippen molar-refractivity contribution in [1.82, 2.24) is 19.8 Å². The second-order valence-electron chi connectivity index (χ2n) is 10.1. The summed E-state index contributed by atoms with van der Waals surface area (Å²) < 4.78 is 39.2. The highest BCUT2D eigenvalue weighted by atomic mass is 32.2. The van der Waals surface area contributed by atoms with Gasteiger partial charge in [-0.15, -0.1) is 0 Å². The first-order valence-electron chi connectivity index (χ1n) is 13.2. The monoisotopic (exact) mass is 596 g/mol. The molecule has 214 valence electrons. The molecule has 0 aliphatic carbocycles. The number of amides is 1. The standard InChI is InChI=1S/C29H29FN4O5S2/c1-19-4-6-22-23(14-19)24(28(36)31-10-13-33-11-2-3-12-33)17-34(29(22)37)26-8-5-20(16-32-26)15-21(35)18-41(38,39)27-9-7-25(30)40-27/h4-9,14,16-17H,2-3,10-13,15,18H2,1H3,(H,31,36). The van der Waals surface area contributed by atoms with Gasteiger partial charge in [-0.2, -0.15) is 4.39 Å². The summed E-state index contributed by atoms with van der Waals surface area (Å²) in [5.74, 6) is -1.36. The van der Waals surface area contributed by atoms with Crippen LogP contribution in [-0.4, -0.2) is 66.5 Å². The fourth-order valence-corrected chi connectivity index (χ4v) is 7.26. The van der Waals surface area contributed by atoms with Crippen LogP contribution in [0, 0.1) is 12.1 Å². The minimum absolute atomic E-state index is 0.196. The number of likely N-dealkylation sites (tertiary alicyclic amines) is 1. The minimum atomic E-state index is -3.94. The van der Waals surface area contributed by atoms with Gasteiger partial charge in [-0.25, -0.2) is 13.4 Å². The topological polar surface area (TPSA) is 118 Å². The number of carbonyl (C=O) groups is 2. The molecule has 1 saturated heterocycles. The lowest BCUT2D eigenvalue weighted by Gasteiger charge is -2.16. The number of halogens is 1. The molecule has 1 aliphatic heterocycles. The number of nitrogens with zero attached hydrogens (tertiary/aromatic N) is 3. The van der Waals surface area contributed by atoms with E-state index in [0.717, 1.165) is 50.2 Å². The highest BCUT2D eigenvalue weighted by Gasteiger charge is 2.22. The van der Waals surface area contributed by atoms with E-state index in [4.69, 9.17) is 0 Å². The molecule has 1 N–H and O–H groups in total. The Kier molecular flexibility index (Phi) is 8.43. The Balaban J connectivity index is 1.36. The summed E-state index contributed by atoms with van der Waals surface area (Å²) in [6.07, 6.45) is 5.01. The highest BCUT2D eigenvalue weighted by Crippen LogP contribution is 2.22. The molecule has 0 radical (unpaired) electrons. The first-order chi connectivity index (χ1) is 19.6. The molecule has 3 aromatic heterocycles. The molecule has 0 bridgehead atoms. The minimum Gasteiger partial charge on any atom is -0.351 e. The predicted molar refractivity (Wildman–Crippen MR) is 155 cm³/mol. The van der Waals surface area contributed by atoms with E-state index in [0.29, 0.717) is 39.8 Å². The summed E-state index contributed by atoms with van der Waals surface area (Å²) in [4.78, 5) is 45.8. The number of rotatable bonds is 10. The molecular weight excluding hydrogens is 567 g/mol. The molecule has 1 aromatic carbocycles. The van der Waals surface area contributed by atoms with Crippen molar-refractivity contribution in [3.63, 3.8) is 0 Å². The summed E-state index contributed by atoms with van der Waals surface area (Å²) >= 11 is 0.476. The zero-order valence-corrected chi connectivity index (χ0v) is 24.1. The van der Waals surface area contributed by atoms with Crippen LogP contribution in [0.4, 0.5) is 4.39 Å². The summed E-state index contributed by atoms with van der Waals surface area (Å²) in [6.45, 7) is 5.20. The van der Waals surface area contributed by atoms with Crippen LogP contribution in [0.15, 0.2) is 63.9 Å². The van der Waals surface area contributed by atoms with E-state index in [-0.39, 0.29) is 27.9 Å². The van der Waals surface area contributed by atoms with Gasteiger partial charge >= 0.3 is 0 Å². The fourth-order valence-electron chi connectivity index (χ4n) is 4.92. The molecule has 1 fully saturated rings. The third kappa shape index (κ3) is 6.61. The Morgan fingerprint density at radius 2 is 1.85 bits per heavy atom. The first-order valence-corrected chi connectivity index (χ1v) is 15.7. The van der Waals surface area contributed by atoms with E-state index >= 15 is 0 Å². The van der Waals surface area contributed by atoms with Crippen molar-refractivity contribution >= 4 is 43.6 Å². The Morgan fingerprint density at radius 1 is 1.07 bits per heavy atom. The number of thiophene rings is 1. The van der Waals surface area contributed by atoms with Crippen molar-refractivity contribution in [3.8, 4) is 5.82 Å². The zero-order valence-electron chi connectivity index (χ0n) is 22.4. The van der Waals surface area contributed by atoms with Crippen LogP contribution in [-0.2, 0) is 21.1 Å². The maximum atomic E-state index is 13.4. The van der Waals surface area contributed by atoms with Gasteiger partial charge in [-0.1, -0.05) is 35.1 Å². The van der Waals surface area contributed by atoms with Gasteiger partial charge in [-0.3, -0.25) is 19.0 Å². The summed E-state index contributed by atoms with van der Waals surface area (Å²) in [7, 11) is -3.94. The van der Waals surface area contributed by atoms with Crippen molar-refractivity contribution < 1.29 is 22.4 Å². The number of aromatic nitrogens is 2. The normalized spacial score (nSPS) is 14.0. The molecule has 0 spiro atoms. The van der Waals surface area contributed by atoms with Gasteiger partial charge in [0.1, 0.15) is 15.8 Å². The molecule has 5 rings (SSSR count). The number of hydrogen-bond acceptors (Lipinski definition) is 8. The van der Waals surface area contributed by atoms with Gasteiger partial charge in [0.25, 0.3) is 11.5 Å².